The Bertz CT molecular complexity index is 594. The molecule has 4 heteroatoms. The third kappa shape index (κ3) is 3.61. The predicted molar refractivity (Wildman–Crippen MR) is 81.0 cm³/mol. The van der Waals surface area contributed by atoms with Gasteiger partial charge in [-0.1, -0.05) is 34.6 Å². The molecule has 0 spiro atoms. The van der Waals surface area contributed by atoms with E-state index in [1.807, 2.05) is 18.2 Å². The van der Waals surface area contributed by atoms with Gasteiger partial charge < -0.3 is 5.11 Å². The average Bonchev–Trinajstić information content (AvgIpc) is 2.41. The molecule has 0 radical (unpaired) electrons. The van der Waals surface area contributed by atoms with Gasteiger partial charge in [0.1, 0.15) is 0 Å². The standard InChI is InChI=1S/C15H13BrO2S/c1-2-10-9-12(16)5-8-14(10)19-13-6-3-11(4-7-13)15(17)18/h3-9H,2H2,1H3,(H,17,18). The molecule has 0 aromatic heterocycles. The summed E-state index contributed by atoms with van der Waals surface area (Å²) < 4.78 is 1.08. The molecule has 0 saturated heterocycles. The van der Waals surface area contributed by atoms with Crippen LogP contribution in [0.2, 0.25) is 0 Å². The molecule has 0 bridgehead atoms. The van der Waals surface area contributed by atoms with Crippen LogP contribution in [0.25, 0.3) is 0 Å². The third-order valence-corrected chi connectivity index (χ3v) is 4.35. The summed E-state index contributed by atoms with van der Waals surface area (Å²) in [5.74, 6) is -0.894. The third-order valence-electron chi connectivity index (χ3n) is 2.73. The second-order valence-electron chi connectivity index (χ2n) is 4.04. The number of carbonyl (C=O) groups is 1. The van der Waals surface area contributed by atoms with Gasteiger partial charge in [0.25, 0.3) is 0 Å². The molecule has 0 heterocycles. The summed E-state index contributed by atoms with van der Waals surface area (Å²) in [6, 6.07) is 13.2. The number of halogens is 1. The fourth-order valence-corrected chi connectivity index (χ4v) is 3.12. The van der Waals surface area contributed by atoms with Gasteiger partial charge in [-0.2, -0.15) is 0 Å². The first kappa shape index (κ1) is 14.2. The quantitative estimate of drug-likeness (QED) is 0.866. The molecule has 1 N–H and O–H groups in total. The van der Waals surface area contributed by atoms with Gasteiger partial charge in [-0.3, -0.25) is 0 Å². The number of hydrogen-bond acceptors (Lipinski definition) is 2. The fourth-order valence-electron chi connectivity index (χ4n) is 1.72. The molecule has 0 atom stereocenters. The van der Waals surface area contributed by atoms with E-state index < -0.39 is 5.97 Å². The topological polar surface area (TPSA) is 37.3 Å². The monoisotopic (exact) mass is 336 g/mol. The van der Waals surface area contributed by atoms with E-state index in [1.165, 1.54) is 10.5 Å². The van der Waals surface area contributed by atoms with Crippen LogP contribution in [-0.2, 0) is 6.42 Å². The lowest BCUT2D eigenvalue weighted by atomic mass is 10.2. The average molecular weight is 337 g/mol. The minimum Gasteiger partial charge on any atom is -0.478 e. The van der Waals surface area contributed by atoms with E-state index in [-0.39, 0.29) is 0 Å². The molecule has 0 saturated carbocycles. The predicted octanol–water partition coefficient (Wildman–Crippen LogP) is 4.86. The zero-order chi connectivity index (χ0) is 13.8. The van der Waals surface area contributed by atoms with Crippen molar-refractivity contribution in [3.8, 4) is 0 Å². The highest BCUT2D eigenvalue weighted by Gasteiger charge is 2.06. The number of carboxylic acid groups (broad SMARTS) is 1. The molecule has 2 rings (SSSR count). The van der Waals surface area contributed by atoms with Gasteiger partial charge in [-0.15, -0.1) is 0 Å². The van der Waals surface area contributed by atoms with Crippen molar-refractivity contribution in [1.29, 1.82) is 0 Å². The van der Waals surface area contributed by atoms with Crippen molar-refractivity contribution in [3.05, 3.63) is 58.1 Å². The molecule has 98 valence electrons. The lowest BCUT2D eigenvalue weighted by molar-refractivity contribution is 0.0697. The van der Waals surface area contributed by atoms with Crippen LogP contribution in [0.5, 0.6) is 0 Å². The van der Waals surface area contributed by atoms with E-state index in [0.717, 1.165) is 15.8 Å². The molecule has 0 amide bonds. The summed E-state index contributed by atoms with van der Waals surface area (Å²) in [6.07, 6.45) is 0.967. The van der Waals surface area contributed by atoms with Crippen molar-refractivity contribution >= 4 is 33.7 Å². The Hall–Kier alpha value is -1.26. The largest absolute Gasteiger partial charge is 0.478 e. The molecule has 0 aliphatic carbocycles. The Balaban J connectivity index is 2.23. The molecule has 19 heavy (non-hydrogen) atoms. The van der Waals surface area contributed by atoms with E-state index in [4.69, 9.17) is 5.11 Å². The number of aromatic carboxylic acids is 1. The smallest absolute Gasteiger partial charge is 0.335 e. The first-order chi connectivity index (χ1) is 9.10. The number of aryl methyl sites for hydroxylation is 1. The Morgan fingerprint density at radius 3 is 2.47 bits per heavy atom. The number of hydrogen-bond donors (Lipinski definition) is 1. The van der Waals surface area contributed by atoms with Crippen molar-refractivity contribution < 1.29 is 9.90 Å². The lowest BCUT2D eigenvalue weighted by Gasteiger charge is -2.08. The van der Waals surface area contributed by atoms with Crippen molar-refractivity contribution in [2.45, 2.75) is 23.1 Å². The van der Waals surface area contributed by atoms with Crippen LogP contribution in [0, 0.1) is 0 Å². The van der Waals surface area contributed by atoms with Crippen molar-refractivity contribution in [2.75, 3.05) is 0 Å². The molecule has 0 fully saturated rings. The van der Waals surface area contributed by atoms with Crippen LogP contribution >= 0.6 is 27.7 Å². The normalized spacial score (nSPS) is 10.4. The van der Waals surface area contributed by atoms with Crippen LogP contribution in [0.4, 0.5) is 0 Å². The van der Waals surface area contributed by atoms with Crippen LogP contribution in [0.1, 0.15) is 22.8 Å². The van der Waals surface area contributed by atoms with Gasteiger partial charge in [-0.25, -0.2) is 4.79 Å². The van der Waals surface area contributed by atoms with Crippen LogP contribution in [-0.4, -0.2) is 11.1 Å². The molecule has 0 unspecified atom stereocenters. The minimum absolute atomic E-state index is 0.316. The molecule has 0 aliphatic rings. The van der Waals surface area contributed by atoms with Crippen molar-refractivity contribution in [3.63, 3.8) is 0 Å². The lowest BCUT2D eigenvalue weighted by Crippen LogP contribution is -1.94. The van der Waals surface area contributed by atoms with Crippen LogP contribution in [0.3, 0.4) is 0 Å². The number of benzene rings is 2. The first-order valence-electron chi connectivity index (χ1n) is 5.90. The highest BCUT2D eigenvalue weighted by atomic mass is 79.9. The molecule has 2 aromatic carbocycles. The van der Waals surface area contributed by atoms with E-state index >= 15 is 0 Å². The molecule has 2 nitrogen and oxygen atoms in total. The Kier molecular flexibility index (Phi) is 4.66. The molecular weight excluding hydrogens is 324 g/mol. The van der Waals surface area contributed by atoms with E-state index in [0.29, 0.717) is 5.56 Å². The number of carboxylic acids is 1. The van der Waals surface area contributed by atoms with Gasteiger partial charge in [0, 0.05) is 14.3 Å². The first-order valence-corrected chi connectivity index (χ1v) is 7.50. The summed E-state index contributed by atoms with van der Waals surface area (Å²) in [6.45, 7) is 2.12. The van der Waals surface area contributed by atoms with Gasteiger partial charge >= 0.3 is 5.97 Å². The van der Waals surface area contributed by atoms with Gasteiger partial charge in [0.2, 0.25) is 0 Å². The SMILES string of the molecule is CCc1cc(Br)ccc1Sc1ccc(C(=O)O)cc1. The van der Waals surface area contributed by atoms with Crippen LogP contribution in [0.15, 0.2) is 56.7 Å². The summed E-state index contributed by atoms with van der Waals surface area (Å²) in [5, 5.41) is 8.87. The summed E-state index contributed by atoms with van der Waals surface area (Å²) in [7, 11) is 0. The minimum atomic E-state index is -0.894. The number of rotatable bonds is 4. The Morgan fingerprint density at radius 2 is 1.89 bits per heavy atom. The Labute approximate surface area is 125 Å². The fraction of sp³-hybridized carbons (Fsp3) is 0.133. The summed E-state index contributed by atoms with van der Waals surface area (Å²) in [4.78, 5) is 13.0. The summed E-state index contributed by atoms with van der Waals surface area (Å²) in [5.41, 5.74) is 1.59. The van der Waals surface area contributed by atoms with Gasteiger partial charge in [0.15, 0.2) is 0 Å². The van der Waals surface area contributed by atoms with E-state index in [1.54, 1.807) is 23.9 Å². The highest BCUT2D eigenvalue weighted by Crippen LogP contribution is 2.32. The maximum atomic E-state index is 10.8. The van der Waals surface area contributed by atoms with Crippen molar-refractivity contribution in [1.82, 2.24) is 0 Å². The molecular formula is C15H13BrO2S. The summed E-state index contributed by atoms with van der Waals surface area (Å²) >= 11 is 5.13. The highest BCUT2D eigenvalue weighted by molar-refractivity contribution is 9.10. The molecule has 0 aliphatic heterocycles. The maximum Gasteiger partial charge on any atom is 0.335 e. The zero-order valence-electron chi connectivity index (χ0n) is 10.4. The van der Waals surface area contributed by atoms with Crippen LogP contribution < -0.4 is 0 Å². The van der Waals surface area contributed by atoms with Gasteiger partial charge in [0.05, 0.1) is 5.56 Å². The van der Waals surface area contributed by atoms with Crippen molar-refractivity contribution in [2.24, 2.45) is 0 Å². The van der Waals surface area contributed by atoms with Gasteiger partial charge in [-0.05, 0) is 54.4 Å². The molecule has 2 aromatic rings. The van der Waals surface area contributed by atoms with E-state index in [2.05, 4.69) is 35.0 Å². The Morgan fingerprint density at radius 1 is 1.21 bits per heavy atom. The second-order valence-corrected chi connectivity index (χ2v) is 6.07. The second kappa shape index (κ2) is 6.26. The zero-order valence-corrected chi connectivity index (χ0v) is 12.8. The maximum absolute atomic E-state index is 10.8. The van der Waals surface area contributed by atoms with E-state index in [9.17, 15) is 4.79 Å².